The fourth-order valence-corrected chi connectivity index (χ4v) is 20.8. The van der Waals surface area contributed by atoms with E-state index >= 15 is 0 Å². The molecule has 3 aliphatic rings. The van der Waals surface area contributed by atoms with Crippen LogP contribution in [0.5, 0.6) is 0 Å². The minimum absolute atomic E-state index is 0.600. The molecule has 23 heavy (non-hydrogen) atoms. The number of hydrogen-bond donors (Lipinski definition) is 0. The van der Waals surface area contributed by atoms with Gasteiger partial charge < -0.3 is 0 Å². The summed E-state index contributed by atoms with van der Waals surface area (Å²) < 4.78 is 6.79. The molecule has 0 radical (unpaired) electrons. The van der Waals surface area contributed by atoms with Gasteiger partial charge in [0.2, 0.25) is 0 Å². The monoisotopic (exact) mass is 380 g/mol. The second-order valence-corrected chi connectivity index (χ2v) is 21.3. The summed E-state index contributed by atoms with van der Waals surface area (Å²) in [6.07, 6.45) is 8.46. The molecule has 2 atom stereocenters. The summed E-state index contributed by atoms with van der Waals surface area (Å²) in [5.74, 6) is 0. The van der Waals surface area contributed by atoms with Crippen molar-refractivity contribution in [2.75, 3.05) is 0 Å². The molecule has 2 aromatic rings. The number of aryl methyl sites for hydroxylation is 2. The molecule has 1 saturated heterocycles. The Morgan fingerprint density at radius 3 is 1.57 bits per heavy atom. The maximum absolute atomic E-state index is 2.80. The molecule has 2 aliphatic carbocycles. The van der Waals surface area contributed by atoms with Gasteiger partial charge in [-0.25, -0.2) is 0 Å². The first-order valence-corrected chi connectivity index (χ1v) is 16.7. The molecule has 0 N–H and O–H groups in total. The van der Waals surface area contributed by atoms with Crippen molar-refractivity contribution in [3.63, 3.8) is 0 Å². The van der Waals surface area contributed by atoms with Crippen molar-refractivity contribution in [3.05, 3.63) is 70.8 Å². The summed E-state index contributed by atoms with van der Waals surface area (Å²) in [5, 5.41) is 0. The van der Waals surface area contributed by atoms with Gasteiger partial charge in [-0.3, -0.25) is 0 Å². The number of fused-ring (bicyclic) bond motifs is 4. The number of hydrogen-bond acceptors (Lipinski definition) is 0. The summed E-state index contributed by atoms with van der Waals surface area (Å²) in [6, 6.07) is 18.9. The molecule has 2 unspecified atom stereocenters. The van der Waals surface area contributed by atoms with Gasteiger partial charge >= 0.3 is 145 Å². The quantitative estimate of drug-likeness (QED) is 0.548. The van der Waals surface area contributed by atoms with Crippen LogP contribution in [-0.2, 0) is 39.4 Å². The predicted octanol–water partition coefficient (Wildman–Crippen LogP) is 5.71. The van der Waals surface area contributed by atoms with Crippen molar-refractivity contribution in [1.82, 2.24) is 0 Å². The van der Waals surface area contributed by atoms with Crippen LogP contribution in [0.1, 0.15) is 47.9 Å². The SMILES string of the molecule is [CH3][Zr]1([CH3])[C]2(CCc3ccccc32)CC[C]12CCc1ccccc12. The fraction of sp³-hybridized carbons (Fsp3) is 0.455. The van der Waals surface area contributed by atoms with E-state index in [2.05, 4.69) is 57.8 Å². The fourth-order valence-electron chi connectivity index (χ4n) is 6.70. The van der Waals surface area contributed by atoms with Gasteiger partial charge in [-0.2, -0.15) is 0 Å². The van der Waals surface area contributed by atoms with Crippen LogP contribution in [0, 0.1) is 0 Å². The van der Waals surface area contributed by atoms with E-state index < -0.39 is 20.3 Å². The Morgan fingerprint density at radius 1 is 0.652 bits per heavy atom. The molecule has 0 aromatic heterocycles. The zero-order valence-electron chi connectivity index (χ0n) is 14.4. The van der Waals surface area contributed by atoms with Crippen LogP contribution < -0.4 is 0 Å². The van der Waals surface area contributed by atoms with Crippen LogP contribution in [0.15, 0.2) is 48.5 Å². The first-order chi connectivity index (χ1) is 11.1. The molecule has 1 fully saturated rings. The Labute approximate surface area is 144 Å². The van der Waals surface area contributed by atoms with E-state index in [4.69, 9.17) is 0 Å². The van der Waals surface area contributed by atoms with Crippen LogP contribution in [0.25, 0.3) is 0 Å². The topological polar surface area (TPSA) is 0 Å². The Balaban J connectivity index is 1.71. The summed E-state index contributed by atoms with van der Waals surface area (Å²) >= 11 is -2.40. The molecule has 2 aromatic carbocycles. The van der Waals surface area contributed by atoms with E-state index in [0.717, 1.165) is 0 Å². The van der Waals surface area contributed by atoms with E-state index in [1.807, 2.05) is 0 Å². The molecule has 5 rings (SSSR count). The van der Waals surface area contributed by atoms with Crippen LogP contribution in [0.2, 0.25) is 9.26 Å². The van der Waals surface area contributed by atoms with Gasteiger partial charge in [0.25, 0.3) is 0 Å². The average Bonchev–Trinajstić information content (AvgIpc) is 3.20. The van der Waals surface area contributed by atoms with Gasteiger partial charge in [0, 0.05) is 0 Å². The normalized spacial score (nSPS) is 33.3. The van der Waals surface area contributed by atoms with Crippen molar-refractivity contribution in [2.24, 2.45) is 0 Å². The van der Waals surface area contributed by atoms with Gasteiger partial charge in [-0.15, -0.1) is 0 Å². The molecule has 2 spiro atoms. The van der Waals surface area contributed by atoms with E-state index in [1.165, 1.54) is 38.5 Å². The molecule has 118 valence electrons. The summed E-state index contributed by atoms with van der Waals surface area (Å²) in [7, 11) is 0. The minimum atomic E-state index is -2.40. The van der Waals surface area contributed by atoms with Crippen LogP contribution in [0.4, 0.5) is 0 Å². The molecule has 1 heterocycles. The van der Waals surface area contributed by atoms with Crippen LogP contribution in [-0.4, -0.2) is 0 Å². The first-order valence-electron chi connectivity index (χ1n) is 9.28. The second kappa shape index (κ2) is 4.69. The van der Waals surface area contributed by atoms with E-state index in [0.29, 0.717) is 6.25 Å². The zero-order chi connectivity index (χ0) is 15.7. The van der Waals surface area contributed by atoms with Gasteiger partial charge in [0.15, 0.2) is 0 Å². The Hall–Kier alpha value is -0.677. The van der Waals surface area contributed by atoms with E-state index in [9.17, 15) is 0 Å². The van der Waals surface area contributed by atoms with Crippen LogP contribution in [0.3, 0.4) is 0 Å². The third-order valence-electron chi connectivity index (χ3n) is 8.08. The molecule has 1 aliphatic heterocycles. The van der Waals surface area contributed by atoms with Crippen molar-refractivity contribution in [1.29, 1.82) is 0 Å². The molecule has 0 bridgehead atoms. The molecule has 0 nitrogen and oxygen atoms in total. The molecular weight excluding hydrogens is 355 g/mol. The van der Waals surface area contributed by atoms with Gasteiger partial charge in [0.05, 0.1) is 0 Å². The van der Waals surface area contributed by atoms with Crippen molar-refractivity contribution in [3.8, 4) is 0 Å². The number of benzene rings is 2. The molecule has 1 heteroatoms. The van der Waals surface area contributed by atoms with E-state index in [-0.39, 0.29) is 0 Å². The van der Waals surface area contributed by atoms with Gasteiger partial charge in [-0.1, -0.05) is 0 Å². The summed E-state index contributed by atoms with van der Waals surface area (Å²) in [4.78, 5) is 0. The average molecular weight is 382 g/mol. The van der Waals surface area contributed by atoms with Gasteiger partial charge in [0.1, 0.15) is 0 Å². The van der Waals surface area contributed by atoms with Gasteiger partial charge in [-0.05, 0) is 0 Å². The van der Waals surface area contributed by atoms with Crippen molar-refractivity contribution >= 4 is 0 Å². The predicted molar refractivity (Wildman–Crippen MR) is 93.8 cm³/mol. The zero-order valence-corrected chi connectivity index (χ0v) is 16.8. The Morgan fingerprint density at radius 2 is 1.09 bits per heavy atom. The maximum atomic E-state index is 2.80. The van der Waals surface area contributed by atoms with Crippen molar-refractivity contribution < 1.29 is 20.3 Å². The first kappa shape index (κ1) is 14.6. The Bertz CT molecular complexity index is 725. The third kappa shape index (κ3) is 1.61. The third-order valence-corrected chi connectivity index (χ3v) is 23.6. The van der Waals surface area contributed by atoms with Crippen molar-refractivity contribution in [2.45, 2.75) is 54.0 Å². The Kier molecular flexibility index (Phi) is 2.99. The standard InChI is InChI=1S/C20H20.2CH3.Zr/c1-3-7-19-15(5-1)9-11-17(19)13-14-18-12-10-16-6-2-4-8-20(16)18;;;/h1-8H,9-14H2;2*1H3;. The van der Waals surface area contributed by atoms with Crippen LogP contribution >= 0.6 is 0 Å². The molecular formula is C22H26Zr. The summed E-state index contributed by atoms with van der Waals surface area (Å²) in [5.41, 5.74) is 6.87. The number of rotatable bonds is 0. The molecule has 0 amide bonds. The second-order valence-electron chi connectivity index (χ2n) is 8.60. The van der Waals surface area contributed by atoms with E-state index in [1.54, 1.807) is 22.3 Å². The molecule has 0 saturated carbocycles. The summed E-state index contributed by atoms with van der Waals surface area (Å²) in [6.45, 7) is 0.